The Morgan fingerprint density at radius 1 is 1.09 bits per heavy atom. The summed E-state index contributed by atoms with van der Waals surface area (Å²) in [5.41, 5.74) is 2.95. The van der Waals surface area contributed by atoms with E-state index in [2.05, 4.69) is 40.6 Å². The molecular formula is C26H34N2O6. The molecule has 3 rings (SSSR count). The van der Waals surface area contributed by atoms with Gasteiger partial charge in [-0.25, -0.2) is 4.79 Å². The third kappa shape index (κ3) is 6.96. The molecule has 8 nitrogen and oxygen atoms in total. The van der Waals surface area contributed by atoms with Crippen LogP contribution in [0.1, 0.15) is 22.3 Å². The van der Waals surface area contributed by atoms with Crippen molar-refractivity contribution < 1.29 is 28.8 Å². The average molecular weight is 471 g/mol. The highest BCUT2D eigenvalue weighted by Gasteiger charge is 2.19. The molecule has 1 aliphatic heterocycles. The van der Waals surface area contributed by atoms with Crippen LogP contribution in [0.4, 0.5) is 0 Å². The Morgan fingerprint density at radius 3 is 2.38 bits per heavy atom. The first kappa shape index (κ1) is 25.6. The lowest BCUT2D eigenvalue weighted by molar-refractivity contribution is 0.0258. The van der Waals surface area contributed by atoms with Gasteiger partial charge in [0.2, 0.25) is 5.75 Å². The van der Waals surface area contributed by atoms with Gasteiger partial charge in [0.05, 0.1) is 26.9 Å². The second-order valence-corrected chi connectivity index (χ2v) is 8.02. The number of nitrogens with one attached hydrogen (secondary N) is 1. The van der Waals surface area contributed by atoms with E-state index in [9.17, 15) is 9.90 Å². The highest BCUT2D eigenvalue weighted by Crippen LogP contribution is 2.38. The minimum atomic E-state index is -0.808. The molecule has 0 radical (unpaired) electrons. The Labute approximate surface area is 201 Å². The number of ether oxygens (including phenoxy) is 4. The predicted octanol–water partition coefficient (Wildman–Crippen LogP) is 2.61. The van der Waals surface area contributed by atoms with Gasteiger partial charge in [0.1, 0.15) is 12.7 Å². The third-order valence-corrected chi connectivity index (χ3v) is 5.73. The standard InChI is InChI=1S/C26H34N2O6/c1-31-23-15-21(16-24(32-2)25(23)33-3)26(30)34-18-22(29)17-27-11-14-28-12-9-20(10-13-28)19-7-5-4-6-8-19/h4-9,15-16,22,27,29H,10-14,17-18H2,1-3H3. The summed E-state index contributed by atoms with van der Waals surface area (Å²) in [4.78, 5) is 14.8. The van der Waals surface area contributed by atoms with Crippen molar-refractivity contribution in [3.63, 3.8) is 0 Å². The minimum absolute atomic E-state index is 0.116. The van der Waals surface area contributed by atoms with E-state index in [0.717, 1.165) is 32.6 Å². The number of carbonyl (C=O) groups is 1. The summed E-state index contributed by atoms with van der Waals surface area (Å²) in [6.45, 7) is 3.78. The molecule has 0 amide bonds. The van der Waals surface area contributed by atoms with Gasteiger partial charge in [-0.3, -0.25) is 4.90 Å². The molecule has 0 bridgehead atoms. The average Bonchev–Trinajstić information content (AvgIpc) is 2.89. The van der Waals surface area contributed by atoms with E-state index in [1.807, 2.05) is 6.07 Å². The van der Waals surface area contributed by atoms with E-state index in [1.54, 1.807) is 0 Å². The number of benzene rings is 2. The topological polar surface area (TPSA) is 89.5 Å². The summed E-state index contributed by atoms with van der Waals surface area (Å²) in [6, 6.07) is 13.5. The first-order valence-electron chi connectivity index (χ1n) is 11.4. The fourth-order valence-corrected chi connectivity index (χ4v) is 3.85. The molecule has 0 saturated carbocycles. The number of rotatable bonds is 12. The fraction of sp³-hybridized carbons (Fsp3) is 0.423. The molecule has 0 aliphatic carbocycles. The Balaban J connectivity index is 1.37. The van der Waals surface area contributed by atoms with Gasteiger partial charge in [-0.05, 0) is 29.7 Å². The first-order chi connectivity index (χ1) is 16.5. The minimum Gasteiger partial charge on any atom is -0.493 e. The number of esters is 1. The second kappa shape index (κ2) is 13.0. The van der Waals surface area contributed by atoms with E-state index in [0.29, 0.717) is 23.8 Å². The largest absolute Gasteiger partial charge is 0.493 e. The Morgan fingerprint density at radius 2 is 1.79 bits per heavy atom. The molecule has 8 heteroatoms. The number of aliphatic hydroxyl groups excluding tert-OH is 1. The molecule has 1 heterocycles. The van der Waals surface area contributed by atoms with Crippen LogP contribution >= 0.6 is 0 Å². The van der Waals surface area contributed by atoms with Crippen LogP contribution in [0, 0.1) is 0 Å². The number of carbonyl (C=O) groups excluding carboxylic acids is 1. The summed E-state index contributed by atoms with van der Waals surface area (Å²) < 4.78 is 21.0. The van der Waals surface area contributed by atoms with E-state index in [1.165, 1.54) is 44.6 Å². The summed E-state index contributed by atoms with van der Waals surface area (Å²) >= 11 is 0. The Bertz CT molecular complexity index is 938. The number of nitrogens with zero attached hydrogens (tertiary/aromatic N) is 1. The van der Waals surface area contributed by atoms with Gasteiger partial charge >= 0.3 is 5.97 Å². The van der Waals surface area contributed by atoms with E-state index < -0.39 is 12.1 Å². The quantitative estimate of drug-likeness (QED) is 0.362. The van der Waals surface area contributed by atoms with E-state index >= 15 is 0 Å². The van der Waals surface area contributed by atoms with Crippen LogP contribution in [0.3, 0.4) is 0 Å². The van der Waals surface area contributed by atoms with Crippen molar-refractivity contribution in [1.82, 2.24) is 10.2 Å². The third-order valence-electron chi connectivity index (χ3n) is 5.73. The number of aliphatic hydroxyl groups is 1. The number of hydrogen-bond donors (Lipinski definition) is 2. The summed E-state index contributed by atoms with van der Waals surface area (Å²) in [7, 11) is 4.44. The van der Waals surface area contributed by atoms with Gasteiger partial charge in [0.15, 0.2) is 11.5 Å². The van der Waals surface area contributed by atoms with E-state index in [4.69, 9.17) is 18.9 Å². The summed E-state index contributed by atoms with van der Waals surface area (Å²) in [5.74, 6) is 0.540. The van der Waals surface area contributed by atoms with Crippen LogP contribution in [0.5, 0.6) is 17.2 Å². The molecule has 2 aromatic carbocycles. The van der Waals surface area contributed by atoms with Crippen molar-refractivity contribution in [3.05, 3.63) is 59.7 Å². The molecular weight excluding hydrogens is 436 g/mol. The van der Waals surface area contributed by atoms with Crippen molar-refractivity contribution >= 4 is 11.5 Å². The molecule has 2 aromatic rings. The van der Waals surface area contributed by atoms with Gasteiger partial charge < -0.3 is 29.4 Å². The van der Waals surface area contributed by atoms with Gasteiger partial charge in [-0.15, -0.1) is 0 Å². The van der Waals surface area contributed by atoms with Crippen molar-refractivity contribution in [2.75, 3.05) is 60.7 Å². The van der Waals surface area contributed by atoms with Crippen LogP contribution in [0.15, 0.2) is 48.5 Å². The zero-order valence-corrected chi connectivity index (χ0v) is 20.1. The van der Waals surface area contributed by atoms with Gasteiger partial charge in [-0.2, -0.15) is 0 Å². The molecule has 34 heavy (non-hydrogen) atoms. The van der Waals surface area contributed by atoms with Crippen LogP contribution in [0.25, 0.3) is 5.57 Å². The van der Waals surface area contributed by atoms with Crippen molar-refractivity contribution in [2.45, 2.75) is 12.5 Å². The van der Waals surface area contributed by atoms with Crippen molar-refractivity contribution in [2.24, 2.45) is 0 Å². The summed E-state index contributed by atoms with van der Waals surface area (Å²) in [5, 5.41) is 13.4. The maximum atomic E-state index is 12.4. The lowest BCUT2D eigenvalue weighted by atomic mass is 10.00. The molecule has 0 saturated heterocycles. The molecule has 0 spiro atoms. The maximum absolute atomic E-state index is 12.4. The monoisotopic (exact) mass is 470 g/mol. The zero-order valence-electron chi connectivity index (χ0n) is 20.1. The molecule has 0 fully saturated rings. The van der Waals surface area contributed by atoms with Crippen LogP contribution in [-0.2, 0) is 4.74 Å². The first-order valence-corrected chi connectivity index (χ1v) is 11.4. The second-order valence-electron chi connectivity index (χ2n) is 8.02. The smallest absolute Gasteiger partial charge is 0.338 e. The highest BCUT2D eigenvalue weighted by molar-refractivity contribution is 5.91. The van der Waals surface area contributed by atoms with Crippen LogP contribution in [0.2, 0.25) is 0 Å². The van der Waals surface area contributed by atoms with Crippen LogP contribution in [-0.4, -0.2) is 82.7 Å². The van der Waals surface area contributed by atoms with Crippen LogP contribution < -0.4 is 19.5 Å². The van der Waals surface area contributed by atoms with Gasteiger partial charge in [-0.1, -0.05) is 36.4 Å². The number of hydrogen-bond acceptors (Lipinski definition) is 8. The lowest BCUT2D eigenvalue weighted by Gasteiger charge is -2.26. The van der Waals surface area contributed by atoms with Gasteiger partial charge in [0.25, 0.3) is 0 Å². The molecule has 184 valence electrons. The molecule has 1 aliphatic rings. The number of methoxy groups -OCH3 is 3. The normalized spacial score (nSPS) is 14.8. The fourth-order valence-electron chi connectivity index (χ4n) is 3.85. The maximum Gasteiger partial charge on any atom is 0.338 e. The van der Waals surface area contributed by atoms with Crippen molar-refractivity contribution in [1.29, 1.82) is 0 Å². The summed E-state index contributed by atoms with van der Waals surface area (Å²) in [6.07, 6.45) is 2.51. The Hall–Kier alpha value is -3.07. The van der Waals surface area contributed by atoms with E-state index in [-0.39, 0.29) is 12.2 Å². The lowest BCUT2D eigenvalue weighted by Crippen LogP contribution is -2.38. The molecule has 0 aromatic heterocycles. The van der Waals surface area contributed by atoms with Gasteiger partial charge in [0, 0.05) is 32.7 Å². The van der Waals surface area contributed by atoms with Crippen molar-refractivity contribution in [3.8, 4) is 17.2 Å². The highest BCUT2D eigenvalue weighted by atomic mass is 16.5. The molecule has 2 N–H and O–H groups in total. The molecule has 1 atom stereocenters. The molecule has 1 unspecified atom stereocenters. The predicted molar refractivity (Wildman–Crippen MR) is 131 cm³/mol. The Kier molecular flexibility index (Phi) is 9.75. The zero-order chi connectivity index (χ0) is 24.3. The SMILES string of the molecule is COc1cc(C(=O)OCC(O)CNCCN2CC=C(c3ccccc3)CC2)cc(OC)c1OC.